The van der Waals surface area contributed by atoms with E-state index in [0.717, 1.165) is 28.4 Å². The predicted octanol–water partition coefficient (Wildman–Crippen LogP) is 2.58. The molecule has 1 atom stereocenters. The summed E-state index contributed by atoms with van der Waals surface area (Å²) in [6.45, 7) is 0.627. The Morgan fingerprint density at radius 2 is 2.36 bits per heavy atom. The van der Waals surface area contributed by atoms with Crippen molar-refractivity contribution in [1.29, 1.82) is 0 Å². The summed E-state index contributed by atoms with van der Waals surface area (Å²) in [5, 5.41) is 5.07. The molecule has 1 amide bonds. The number of hydrogen-bond acceptors (Lipinski definition) is 4. The highest BCUT2D eigenvalue weighted by molar-refractivity contribution is 7.15. The van der Waals surface area contributed by atoms with E-state index >= 15 is 0 Å². The Morgan fingerprint density at radius 3 is 3.27 bits per heavy atom. The van der Waals surface area contributed by atoms with Crippen LogP contribution in [0.1, 0.15) is 23.7 Å². The summed E-state index contributed by atoms with van der Waals surface area (Å²) in [4.78, 5) is 17.7. The summed E-state index contributed by atoms with van der Waals surface area (Å²) in [7, 11) is 0. The molecule has 0 radical (unpaired) electrons. The summed E-state index contributed by atoms with van der Waals surface area (Å²) in [6, 6.07) is 7.88. The number of nitrogens with zero attached hydrogens (tertiary/aromatic N) is 2. The first-order chi connectivity index (χ1) is 10.8. The minimum Gasteiger partial charge on any atom is -0.493 e. The average Bonchev–Trinajstić information content (AvgIpc) is 3.09. The van der Waals surface area contributed by atoms with E-state index in [1.165, 1.54) is 0 Å². The number of carbonyl (C=O) groups excluding carboxylic acids is 1. The molecule has 3 heterocycles. The number of benzene rings is 1. The summed E-state index contributed by atoms with van der Waals surface area (Å²) >= 11 is 1.57. The van der Waals surface area contributed by atoms with Gasteiger partial charge in [0.15, 0.2) is 4.96 Å². The SMILES string of the molecule is O=C(Cc1cn2ccsc2n1)N[C@@H]1CCOc2ccccc21. The van der Waals surface area contributed by atoms with Crippen LogP contribution in [0.25, 0.3) is 4.96 Å². The van der Waals surface area contributed by atoms with Gasteiger partial charge in [-0.05, 0) is 6.07 Å². The number of carbonyl (C=O) groups is 1. The fourth-order valence-electron chi connectivity index (χ4n) is 2.76. The minimum atomic E-state index is -0.00699. The maximum atomic E-state index is 12.3. The van der Waals surface area contributed by atoms with Crippen LogP contribution >= 0.6 is 11.3 Å². The van der Waals surface area contributed by atoms with E-state index < -0.39 is 0 Å². The highest BCUT2D eigenvalue weighted by atomic mass is 32.1. The van der Waals surface area contributed by atoms with E-state index in [1.54, 1.807) is 11.3 Å². The molecule has 112 valence electrons. The largest absolute Gasteiger partial charge is 0.493 e. The lowest BCUT2D eigenvalue weighted by molar-refractivity contribution is -0.121. The second-order valence-corrected chi connectivity index (χ2v) is 6.17. The van der Waals surface area contributed by atoms with Crippen molar-refractivity contribution in [1.82, 2.24) is 14.7 Å². The molecular weight excluding hydrogens is 298 g/mol. The van der Waals surface area contributed by atoms with Gasteiger partial charge in [-0.1, -0.05) is 18.2 Å². The summed E-state index contributed by atoms with van der Waals surface area (Å²) in [6.07, 6.45) is 4.95. The quantitative estimate of drug-likeness (QED) is 0.808. The molecule has 22 heavy (non-hydrogen) atoms. The van der Waals surface area contributed by atoms with Crippen molar-refractivity contribution < 1.29 is 9.53 Å². The standard InChI is InChI=1S/C16H15N3O2S/c20-15(9-11-10-19-6-8-22-16(19)17-11)18-13-5-7-21-14-4-2-1-3-12(13)14/h1-4,6,8,10,13H,5,7,9H2,(H,18,20)/t13-/m1/s1. The Bertz CT molecular complexity index is 795. The summed E-state index contributed by atoms with van der Waals surface area (Å²) in [5.41, 5.74) is 1.85. The van der Waals surface area contributed by atoms with Gasteiger partial charge >= 0.3 is 0 Å². The van der Waals surface area contributed by atoms with Gasteiger partial charge in [0.1, 0.15) is 5.75 Å². The van der Waals surface area contributed by atoms with Gasteiger partial charge in [0.05, 0.1) is 24.8 Å². The van der Waals surface area contributed by atoms with Crippen molar-refractivity contribution in [2.45, 2.75) is 18.9 Å². The Labute approximate surface area is 131 Å². The van der Waals surface area contributed by atoms with E-state index in [2.05, 4.69) is 10.3 Å². The molecule has 3 aromatic rings. The van der Waals surface area contributed by atoms with Crippen molar-refractivity contribution in [2.24, 2.45) is 0 Å². The van der Waals surface area contributed by atoms with E-state index in [0.29, 0.717) is 13.0 Å². The van der Waals surface area contributed by atoms with Crippen LogP contribution in [0, 0.1) is 0 Å². The molecule has 1 aromatic carbocycles. The molecule has 5 nitrogen and oxygen atoms in total. The van der Waals surface area contributed by atoms with Gasteiger partial charge in [0, 0.05) is 29.8 Å². The van der Waals surface area contributed by atoms with Gasteiger partial charge in [-0.25, -0.2) is 4.98 Å². The van der Waals surface area contributed by atoms with E-state index in [-0.39, 0.29) is 11.9 Å². The van der Waals surface area contributed by atoms with Gasteiger partial charge < -0.3 is 10.1 Å². The third-order valence-corrected chi connectivity index (χ3v) is 4.55. The number of thiazole rings is 1. The van der Waals surface area contributed by atoms with Crippen molar-refractivity contribution in [3.8, 4) is 5.75 Å². The van der Waals surface area contributed by atoms with Gasteiger partial charge in [0.2, 0.25) is 5.91 Å². The number of fused-ring (bicyclic) bond motifs is 2. The normalized spacial score (nSPS) is 17.0. The maximum absolute atomic E-state index is 12.3. The second kappa shape index (κ2) is 5.46. The van der Waals surface area contributed by atoms with Crippen LogP contribution in [-0.2, 0) is 11.2 Å². The second-order valence-electron chi connectivity index (χ2n) is 5.30. The number of nitrogens with one attached hydrogen (secondary N) is 1. The van der Waals surface area contributed by atoms with Crippen LogP contribution in [-0.4, -0.2) is 21.9 Å². The summed E-state index contributed by atoms with van der Waals surface area (Å²) < 4.78 is 7.56. The summed E-state index contributed by atoms with van der Waals surface area (Å²) in [5.74, 6) is 0.856. The zero-order chi connectivity index (χ0) is 14.9. The Balaban J connectivity index is 1.47. The Hall–Kier alpha value is -2.34. The zero-order valence-electron chi connectivity index (χ0n) is 11.9. The number of imidazole rings is 1. The van der Waals surface area contributed by atoms with Crippen LogP contribution in [0.3, 0.4) is 0 Å². The van der Waals surface area contributed by atoms with Crippen LogP contribution in [0.15, 0.2) is 42.0 Å². The zero-order valence-corrected chi connectivity index (χ0v) is 12.7. The number of aromatic nitrogens is 2. The molecule has 0 bridgehead atoms. The molecule has 0 saturated heterocycles. The van der Waals surface area contributed by atoms with Crippen molar-refractivity contribution in [3.05, 3.63) is 53.3 Å². The Kier molecular flexibility index (Phi) is 3.31. The van der Waals surface area contributed by atoms with E-state index in [1.807, 2.05) is 46.4 Å². The van der Waals surface area contributed by atoms with Gasteiger partial charge in [0.25, 0.3) is 0 Å². The molecule has 0 fully saturated rings. The van der Waals surface area contributed by atoms with Crippen molar-refractivity contribution in [2.75, 3.05) is 6.61 Å². The molecule has 1 N–H and O–H groups in total. The Morgan fingerprint density at radius 1 is 1.45 bits per heavy atom. The van der Waals surface area contributed by atoms with Crippen molar-refractivity contribution in [3.63, 3.8) is 0 Å². The van der Waals surface area contributed by atoms with Crippen LogP contribution < -0.4 is 10.1 Å². The fourth-order valence-corrected chi connectivity index (χ4v) is 3.48. The number of rotatable bonds is 3. The highest BCUT2D eigenvalue weighted by Gasteiger charge is 2.22. The number of ether oxygens (including phenoxy) is 1. The number of amides is 1. The molecule has 6 heteroatoms. The predicted molar refractivity (Wildman–Crippen MR) is 84.2 cm³/mol. The molecule has 4 rings (SSSR count). The smallest absolute Gasteiger partial charge is 0.226 e. The van der Waals surface area contributed by atoms with Gasteiger partial charge in [-0.2, -0.15) is 0 Å². The molecule has 0 spiro atoms. The minimum absolute atomic E-state index is 0.00699. The first-order valence-electron chi connectivity index (χ1n) is 7.22. The average molecular weight is 313 g/mol. The molecule has 0 aliphatic carbocycles. The molecule has 1 aliphatic rings. The molecular formula is C16H15N3O2S. The molecule has 1 aliphatic heterocycles. The lowest BCUT2D eigenvalue weighted by Gasteiger charge is -2.26. The van der Waals surface area contributed by atoms with E-state index in [9.17, 15) is 4.79 Å². The third kappa shape index (κ3) is 2.46. The molecule has 0 unspecified atom stereocenters. The molecule has 0 saturated carbocycles. The van der Waals surface area contributed by atoms with Gasteiger partial charge in [-0.3, -0.25) is 9.20 Å². The van der Waals surface area contributed by atoms with Crippen LogP contribution in [0.5, 0.6) is 5.75 Å². The first-order valence-corrected chi connectivity index (χ1v) is 8.10. The number of para-hydroxylation sites is 1. The first kappa shape index (κ1) is 13.3. The van der Waals surface area contributed by atoms with Gasteiger partial charge in [-0.15, -0.1) is 11.3 Å². The van der Waals surface area contributed by atoms with Crippen molar-refractivity contribution >= 4 is 22.2 Å². The fraction of sp³-hybridized carbons (Fsp3) is 0.250. The lowest BCUT2D eigenvalue weighted by atomic mass is 10.0. The maximum Gasteiger partial charge on any atom is 0.226 e. The van der Waals surface area contributed by atoms with Crippen LogP contribution in [0.4, 0.5) is 0 Å². The third-order valence-electron chi connectivity index (χ3n) is 3.78. The topological polar surface area (TPSA) is 55.6 Å². The monoisotopic (exact) mass is 313 g/mol. The molecule has 2 aromatic heterocycles. The highest BCUT2D eigenvalue weighted by Crippen LogP contribution is 2.31. The lowest BCUT2D eigenvalue weighted by Crippen LogP contribution is -2.33. The number of hydrogen-bond donors (Lipinski definition) is 1. The van der Waals surface area contributed by atoms with Crippen LogP contribution in [0.2, 0.25) is 0 Å². The van der Waals surface area contributed by atoms with E-state index in [4.69, 9.17) is 4.74 Å².